The summed E-state index contributed by atoms with van der Waals surface area (Å²) in [5.74, 6) is -1.37. The van der Waals surface area contributed by atoms with Crippen LogP contribution in [0.15, 0.2) is 23.9 Å². The summed E-state index contributed by atoms with van der Waals surface area (Å²) in [7, 11) is 0. The molecule has 0 aromatic rings. The van der Waals surface area contributed by atoms with Crippen LogP contribution in [0.3, 0.4) is 0 Å². The smallest absolute Gasteiger partial charge is 0.874 e. The zero-order valence-electron chi connectivity index (χ0n) is 20.3. The second-order valence-corrected chi connectivity index (χ2v) is 7.13. The third-order valence-electron chi connectivity index (χ3n) is 4.01. The van der Waals surface area contributed by atoms with Crippen LogP contribution < -0.4 is 31.5 Å². The van der Waals surface area contributed by atoms with E-state index in [-0.39, 0.29) is 56.3 Å². The SMILES string of the molecule is CCCC/C(O)=C/NCCNCCC(=O)O.CCCC/C([O-])=C/NCCNCCC(=O)[O-].[Ca+2]. The van der Waals surface area contributed by atoms with Gasteiger partial charge in [0, 0.05) is 57.9 Å². The molecule has 0 aliphatic rings. The van der Waals surface area contributed by atoms with Gasteiger partial charge in [0.15, 0.2) is 0 Å². The molecule has 0 rings (SSSR count). The molecule has 11 heteroatoms. The summed E-state index contributed by atoms with van der Waals surface area (Å²) in [6.45, 7) is 7.60. The van der Waals surface area contributed by atoms with E-state index in [1.807, 2.05) is 6.92 Å². The number of unbranched alkanes of at least 4 members (excludes halogenated alkanes) is 2. The van der Waals surface area contributed by atoms with Crippen LogP contribution in [0.4, 0.5) is 0 Å². The van der Waals surface area contributed by atoms with Crippen molar-refractivity contribution in [3.8, 4) is 0 Å². The molecule has 33 heavy (non-hydrogen) atoms. The molecule has 0 aliphatic carbocycles. The van der Waals surface area contributed by atoms with Crippen molar-refractivity contribution in [1.82, 2.24) is 21.3 Å². The molecule has 0 saturated heterocycles. The Balaban J connectivity index is -0.000000529. The molecular weight excluding hydrogens is 456 g/mol. The Hall–Kier alpha value is -1.20. The van der Waals surface area contributed by atoms with Crippen molar-refractivity contribution >= 4 is 49.7 Å². The van der Waals surface area contributed by atoms with Crippen LogP contribution >= 0.6 is 0 Å². The number of rotatable bonds is 20. The fourth-order valence-electron chi connectivity index (χ4n) is 2.19. The van der Waals surface area contributed by atoms with E-state index in [9.17, 15) is 24.9 Å². The minimum atomic E-state index is -1.05. The third-order valence-corrected chi connectivity index (χ3v) is 4.01. The van der Waals surface area contributed by atoms with E-state index in [4.69, 9.17) is 5.11 Å². The van der Waals surface area contributed by atoms with Crippen LogP contribution in [0.25, 0.3) is 0 Å². The van der Waals surface area contributed by atoms with Crippen molar-refractivity contribution in [2.75, 3.05) is 39.3 Å². The molecule has 0 amide bonds. The third kappa shape index (κ3) is 35.6. The Morgan fingerprint density at radius 1 is 0.727 bits per heavy atom. The van der Waals surface area contributed by atoms with E-state index >= 15 is 0 Å². The summed E-state index contributed by atoms with van der Waals surface area (Å²) in [6, 6.07) is 0. The Morgan fingerprint density at radius 2 is 1.24 bits per heavy atom. The zero-order valence-corrected chi connectivity index (χ0v) is 22.5. The second-order valence-electron chi connectivity index (χ2n) is 7.13. The summed E-state index contributed by atoms with van der Waals surface area (Å²) in [5, 5.41) is 50.7. The number of aliphatic hydroxyl groups excluding tert-OH is 1. The summed E-state index contributed by atoms with van der Waals surface area (Å²) in [5.41, 5.74) is 0. The van der Waals surface area contributed by atoms with E-state index in [2.05, 4.69) is 28.2 Å². The number of allylic oxidation sites excluding steroid dienone is 2. The van der Waals surface area contributed by atoms with Crippen molar-refractivity contribution in [3.05, 3.63) is 23.9 Å². The maximum atomic E-state index is 11.2. The van der Waals surface area contributed by atoms with Gasteiger partial charge in [0.05, 0.1) is 6.42 Å². The number of carboxylic acid groups (broad SMARTS) is 2. The van der Waals surface area contributed by atoms with E-state index < -0.39 is 11.9 Å². The van der Waals surface area contributed by atoms with Crippen molar-refractivity contribution in [3.63, 3.8) is 0 Å². The van der Waals surface area contributed by atoms with E-state index in [1.165, 1.54) is 6.20 Å². The number of aliphatic hydroxyl groups is 1. The number of nitrogens with one attached hydrogen (secondary N) is 4. The molecule has 0 atom stereocenters. The van der Waals surface area contributed by atoms with E-state index in [1.54, 1.807) is 6.20 Å². The van der Waals surface area contributed by atoms with Gasteiger partial charge in [-0.05, 0) is 25.5 Å². The van der Waals surface area contributed by atoms with Crippen LogP contribution in [-0.2, 0) is 9.59 Å². The first kappa shape index (κ1) is 36.4. The molecule has 0 aromatic carbocycles. The van der Waals surface area contributed by atoms with Gasteiger partial charge in [-0.25, -0.2) is 0 Å². The molecular formula is C22H42CaN4O6. The number of aliphatic carboxylic acids is 2. The molecule has 0 saturated carbocycles. The van der Waals surface area contributed by atoms with Crippen LogP contribution in [0.5, 0.6) is 0 Å². The van der Waals surface area contributed by atoms with Gasteiger partial charge in [0.2, 0.25) is 0 Å². The van der Waals surface area contributed by atoms with Gasteiger partial charge < -0.3 is 46.5 Å². The van der Waals surface area contributed by atoms with Crippen molar-refractivity contribution in [2.24, 2.45) is 0 Å². The minimum absolute atomic E-state index is 0. The van der Waals surface area contributed by atoms with Gasteiger partial charge in [-0.1, -0.05) is 33.1 Å². The standard InChI is InChI=1S/2C11H22N2O3.Ca/c2*1-2-3-4-10(14)9-13-8-7-12-6-5-11(15)16;/h2*9,12-14H,2-8H2,1H3,(H,15,16);/q;;+2/p-2/b2*10-9-;. The second kappa shape index (κ2) is 28.8. The Bertz CT molecular complexity index is 487. The van der Waals surface area contributed by atoms with E-state index in [0.717, 1.165) is 25.7 Å². The quantitative estimate of drug-likeness (QED) is 0.0734. The Morgan fingerprint density at radius 3 is 1.76 bits per heavy atom. The molecule has 0 unspecified atom stereocenters. The molecule has 188 valence electrons. The minimum Gasteiger partial charge on any atom is -0.874 e. The van der Waals surface area contributed by atoms with Crippen LogP contribution in [-0.4, -0.2) is 99.2 Å². The molecule has 0 heterocycles. The zero-order chi connectivity index (χ0) is 24.5. The van der Waals surface area contributed by atoms with Crippen LogP contribution in [0.2, 0.25) is 0 Å². The normalized spacial score (nSPS) is 11.1. The molecule has 10 nitrogen and oxygen atoms in total. The fourth-order valence-corrected chi connectivity index (χ4v) is 2.19. The maximum Gasteiger partial charge on any atom is 2.00 e. The average molecular weight is 499 g/mol. The predicted molar refractivity (Wildman–Crippen MR) is 127 cm³/mol. The molecule has 0 radical (unpaired) electrons. The molecule has 0 aromatic heterocycles. The number of carbonyl (C=O) groups excluding carboxylic acids is 1. The molecule has 6 N–H and O–H groups in total. The monoisotopic (exact) mass is 498 g/mol. The topological polar surface area (TPSA) is 169 Å². The summed E-state index contributed by atoms with van der Waals surface area (Å²) >= 11 is 0. The number of carboxylic acids is 2. The number of hydrogen-bond donors (Lipinski definition) is 6. The number of hydrogen-bond acceptors (Lipinski definition) is 9. The predicted octanol–water partition coefficient (Wildman–Crippen LogP) is -0.453. The van der Waals surface area contributed by atoms with Gasteiger partial charge in [-0.3, -0.25) is 4.79 Å². The first-order valence-corrected chi connectivity index (χ1v) is 11.4. The van der Waals surface area contributed by atoms with Gasteiger partial charge in [0.1, 0.15) is 5.76 Å². The van der Waals surface area contributed by atoms with Gasteiger partial charge in [0.25, 0.3) is 0 Å². The molecule has 0 aliphatic heterocycles. The molecule has 0 fully saturated rings. The summed E-state index contributed by atoms with van der Waals surface area (Å²) in [6.07, 6.45) is 8.51. The first-order valence-electron chi connectivity index (χ1n) is 11.4. The van der Waals surface area contributed by atoms with Gasteiger partial charge >= 0.3 is 43.7 Å². The Kier molecular flexibility index (Phi) is 31.8. The average Bonchev–Trinajstić information content (AvgIpc) is 2.74. The number of carbonyl (C=O) groups is 2. The van der Waals surface area contributed by atoms with Gasteiger partial charge in [-0.15, -0.1) is 5.76 Å². The summed E-state index contributed by atoms with van der Waals surface area (Å²) in [4.78, 5) is 20.2. The van der Waals surface area contributed by atoms with Crippen LogP contribution in [0.1, 0.15) is 65.2 Å². The van der Waals surface area contributed by atoms with Crippen LogP contribution in [0, 0.1) is 0 Å². The maximum absolute atomic E-state index is 11.2. The summed E-state index contributed by atoms with van der Waals surface area (Å²) < 4.78 is 0. The molecule has 0 spiro atoms. The van der Waals surface area contributed by atoms with Crippen molar-refractivity contribution in [1.29, 1.82) is 0 Å². The molecule has 0 bridgehead atoms. The van der Waals surface area contributed by atoms with Crippen molar-refractivity contribution < 1.29 is 30.0 Å². The van der Waals surface area contributed by atoms with Gasteiger partial charge in [-0.2, -0.15) is 0 Å². The fraction of sp³-hybridized carbons (Fsp3) is 0.727. The Labute approximate surface area is 228 Å². The first-order chi connectivity index (χ1) is 15.3. The van der Waals surface area contributed by atoms with Crippen molar-refractivity contribution in [2.45, 2.75) is 65.2 Å². The largest absolute Gasteiger partial charge is 2.00 e. The van der Waals surface area contributed by atoms with E-state index in [0.29, 0.717) is 57.9 Å².